The van der Waals surface area contributed by atoms with Crippen molar-refractivity contribution in [3.8, 4) is 0 Å². The fourth-order valence-corrected chi connectivity index (χ4v) is 6.25. The lowest BCUT2D eigenvalue weighted by molar-refractivity contribution is -0.149. The lowest BCUT2D eigenvalue weighted by atomic mass is 9.76. The minimum atomic E-state index is -1.39. The van der Waals surface area contributed by atoms with E-state index in [0.717, 1.165) is 36.2 Å². The fourth-order valence-electron chi connectivity index (χ4n) is 4.76. The summed E-state index contributed by atoms with van der Waals surface area (Å²) in [4.78, 5) is 38.6. The van der Waals surface area contributed by atoms with Crippen molar-refractivity contribution in [3.63, 3.8) is 0 Å². The largest absolute Gasteiger partial charge is 0.509 e. The summed E-state index contributed by atoms with van der Waals surface area (Å²) in [6.45, 7) is 4.38. The molecule has 9 heteroatoms. The zero-order valence-corrected chi connectivity index (χ0v) is 17.5. The molecule has 29 heavy (non-hydrogen) atoms. The van der Waals surface area contributed by atoms with Gasteiger partial charge in [0, 0.05) is 4.91 Å². The summed E-state index contributed by atoms with van der Waals surface area (Å²) in [5.74, 6) is -2.92. The molecular formula is C20H27N3O5S. The summed E-state index contributed by atoms with van der Waals surface area (Å²) in [7, 11) is 0. The first-order valence-corrected chi connectivity index (χ1v) is 10.9. The van der Waals surface area contributed by atoms with Crippen molar-refractivity contribution in [2.24, 2.45) is 5.41 Å². The normalized spacial score (nSPS) is 28.5. The average Bonchev–Trinajstić information content (AvgIpc) is 2.98. The van der Waals surface area contributed by atoms with E-state index in [2.05, 4.69) is 24.6 Å². The summed E-state index contributed by atoms with van der Waals surface area (Å²) >= 11 is 1.40. The van der Waals surface area contributed by atoms with Crippen molar-refractivity contribution in [1.82, 2.24) is 15.2 Å². The molecule has 0 aromatic carbocycles. The van der Waals surface area contributed by atoms with Gasteiger partial charge in [-0.25, -0.2) is 4.79 Å². The van der Waals surface area contributed by atoms with Gasteiger partial charge in [-0.1, -0.05) is 33.1 Å². The predicted molar refractivity (Wildman–Crippen MR) is 107 cm³/mol. The number of aliphatic carboxylic acids is 1. The van der Waals surface area contributed by atoms with E-state index in [1.54, 1.807) is 4.41 Å². The van der Waals surface area contributed by atoms with Crippen molar-refractivity contribution < 1.29 is 24.6 Å². The number of fused-ring (bicyclic) bond motifs is 2. The number of nitrogens with zero attached hydrogens (tertiary/aromatic N) is 1. The Morgan fingerprint density at radius 3 is 2.55 bits per heavy atom. The molecule has 4 rings (SSSR count). The molecule has 0 aromatic heterocycles. The van der Waals surface area contributed by atoms with Crippen LogP contribution in [0.25, 0.3) is 0 Å². The van der Waals surface area contributed by atoms with Gasteiger partial charge < -0.3 is 15.5 Å². The number of carboxylic acids is 1. The Hall–Kier alpha value is -2.00. The molecule has 2 aliphatic heterocycles. The highest BCUT2D eigenvalue weighted by Gasteiger charge is 2.49. The second kappa shape index (κ2) is 7.05. The molecule has 8 nitrogen and oxygen atoms in total. The number of rotatable bonds is 3. The molecular weight excluding hydrogens is 394 g/mol. The number of carboxylic acid groups (broad SMARTS) is 1. The smallest absolute Gasteiger partial charge is 0.329 e. The summed E-state index contributed by atoms with van der Waals surface area (Å²) in [5.41, 5.74) is 2.11. The summed E-state index contributed by atoms with van der Waals surface area (Å²) in [5, 5.41) is 23.2. The number of aliphatic hydroxyl groups is 1. The Bertz CT molecular complexity index is 841. The standard InChI is InChI=1S/C20H27N3O5S/c1-19(2)9-6-11-12(10-19)29-23-14(11)15(24)13(17(26)22-23)16(25)21-20(18(27)28)7-4-3-5-8-20/h14,24H,3-10H2,1-2H3,(H,21,25)(H,22,26)(H,27,28). The van der Waals surface area contributed by atoms with Crippen molar-refractivity contribution >= 4 is 29.7 Å². The van der Waals surface area contributed by atoms with E-state index in [1.807, 2.05) is 0 Å². The monoisotopic (exact) mass is 421 g/mol. The second-order valence-electron chi connectivity index (χ2n) is 9.21. The van der Waals surface area contributed by atoms with Gasteiger partial charge in [-0.3, -0.25) is 15.0 Å². The molecule has 0 radical (unpaired) electrons. The summed E-state index contributed by atoms with van der Waals surface area (Å²) < 4.78 is 1.61. The second-order valence-corrected chi connectivity index (χ2v) is 10.3. The maximum Gasteiger partial charge on any atom is 0.329 e. The molecule has 2 aliphatic carbocycles. The number of allylic oxidation sites excluding steroid dienone is 1. The topological polar surface area (TPSA) is 119 Å². The van der Waals surface area contributed by atoms with Gasteiger partial charge in [-0.2, -0.15) is 0 Å². The number of carbonyl (C=O) groups is 3. The molecule has 0 bridgehead atoms. The van der Waals surface area contributed by atoms with Gasteiger partial charge in [0.2, 0.25) is 0 Å². The van der Waals surface area contributed by atoms with E-state index in [1.165, 1.54) is 11.9 Å². The van der Waals surface area contributed by atoms with Gasteiger partial charge in [0.15, 0.2) is 0 Å². The van der Waals surface area contributed by atoms with E-state index in [0.29, 0.717) is 25.7 Å². The Labute approximate surface area is 173 Å². The van der Waals surface area contributed by atoms with Crippen molar-refractivity contribution in [1.29, 1.82) is 0 Å². The Balaban J connectivity index is 1.64. The number of nitrogens with one attached hydrogen (secondary N) is 2. The van der Waals surface area contributed by atoms with Crippen LogP contribution >= 0.6 is 11.9 Å². The Morgan fingerprint density at radius 2 is 1.90 bits per heavy atom. The summed E-state index contributed by atoms with van der Waals surface area (Å²) in [6, 6.07) is -0.573. The number of hydrogen-bond acceptors (Lipinski definition) is 6. The van der Waals surface area contributed by atoms with Gasteiger partial charge >= 0.3 is 5.97 Å². The first-order valence-electron chi connectivity index (χ1n) is 10.1. The first-order chi connectivity index (χ1) is 13.6. The van der Waals surface area contributed by atoms with Crippen molar-refractivity contribution in [3.05, 3.63) is 21.8 Å². The number of aliphatic hydroxyl groups excluding tert-OH is 1. The molecule has 1 unspecified atom stereocenters. The van der Waals surface area contributed by atoms with Gasteiger partial charge in [-0.15, -0.1) is 4.41 Å². The van der Waals surface area contributed by atoms with E-state index in [9.17, 15) is 24.6 Å². The van der Waals surface area contributed by atoms with Gasteiger partial charge in [0.25, 0.3) is 11.8 Å². The van der Waals surface area contributed by atoms with Crippen LogP contribution in [-0.2, 0) is 14.4 Å². The van der Waals surface area contributed by atoms with Crippen LogP contribution in [0.3, 0.4) is 0 Å². The highest BCUT2D eigenvalue weighted by atomic mass is 32.2. The van der Waals surface area contributed by atoms with E-state index >= 15 is 0 Å². The molecule has 2 heterocycles. The number of amides is 2. The highest BCUT2D eigenvalue weighted by molar-refractivity contribution is 8.01. The minimum Gasteiger partial charge on any atom is -0.509 e. The molecule has 158 valence electrons. The summed E-state index contributed by atoms with van der Waals surface area (Å²) in [6.07, 6.45) is 5.55. The fraction of sp³-hybridized carbons (Fsp3) is 0.650. The SMILES string of the molecule is CC1(C)CCC2=C(C1)SN1NC(=O)C(C(=O)NC3(C(=O)O)CCCCC3)=C(O)C21. The number of hydrazine groups is 1. The molecule has 1 fully saturated rings. The highest BCUT2D eigenvalue weighted by Crippen LogP contribution is 2.52. The molecule has 4 N–H and O–H groups in total. The van der Waals surface area contributed by atoms with E-state index < -0.39 is 29.4 Å². The third kappa shape index (κ3) is 3.44. The van der Waals surface area contributed by atoms with E-state index in [4.69, 9.17) is 0 Å². The maximum atomic E-state index is 13.0. The third-order valence-corrected chi connectivity index (χ3v) is 7.62. The van der Waals surface area contributed by atoms with Crippen LogP contribution in [0.4, 0.5) is 0 Å². The Morgan fingerprint density at radius 1 is 1.21 bits per heavy atom. The van der Waals surface area contributed by atoms with Gasteiger partial charge in [0.1, 0.15) is 22.9 Å². The average molecular weight is 422 g/mol. The zero-order valence-electron chi connectivity index (χ0n) is 16.7. The van der Waals surface area contributed by atoms with Crippen LogP contribution < -0.4 is 10.7 Å². The van der Waals surface area contributed by atoms with Crippen molar-refractivity contribution in [2.45, 2.75) is 76.8 Å². The van der Waals surface area contributed by atoms with Crippen LogP contribution in [0.5, 0.6) is 0 Å². The van der Waals surface area contributed by atoms with Crippen LogP contribution in [0.2, 0.25) is 0 Å². The third-order valence-electron chi connectivity index (χ3n) is 6.49. The molecule has 4 aliphatic rings. The van der Waals surface area contributed by atoms with Crippen LogP contribution in [0.1, 0.15) is 65.2 Å². The van der Waals surface area contributed by atoms with Crippen LogP contribution in [-0.4, -0.2) is 44.0 Å². The van der Waals surface area contributed by atoms with Crippen molar-refractivity contribution in [2.75, 3.05) is 0 Å². The quantitative estimate of drug-likeness (QED) is 0.408. The Kier molecular flexibility index (Phi) is 4.93. The van der Waals surface area contributed by atoms with E-state index in [-0.39, 0.29) is 16.7 Å². The minimum absolute atomic E-state index is 0.152. The van der Waals surface area contributed by atoms with Gasteiger partial charge in [0.05, 0.1) is 0 Å². The lowest BCUT2D eigenvalue weighted by Gasteiger charge is -2.36. The molecule has 0 spiro atoms. The lowest BCUT2D eigenvalue weighted by Crippen LogP contribution is -2.58. The predicted octanol–water partition coefficient (Wildman–Crippen LogP) is 2.54. The number of hydrogen-bond donors (Lipinski definition) is 4. The molecule has 0 saturated heterocycles. The van der Waals surface area contributed by atoms with Crippen LogP contribution in [0.15, 0.2) is 21.8 Å². The van der Waals surface area contributed by atoms with Crippen LogP contribution in [0, 0.1) is 5.41 Å². The molecule has 1 atom stereocenters. The maximum absolute atomic E-state index is 13.0. The molecule has 0 aromatic rings. The zero-order chi connectivity index (χ0) is 21.0. The molecule has 2 amide bonds. The number of carbonyl (C=O) groups excluding carboxylic acids is 2. The first kappa shape index (κ1) is 20.3. The molecule has 1 saturated carbocycles. The van der Waals surface area contributed by atoms with Gasteiger partial charge in [-0.05, 0) is 55.0 Å².